The van der Waals surface area contributed by atoms with Crippen molar-refractivity contribution in [2.45, 2.75) is 165 Å². The molecule has 2 saturated heterocycles. The zero-order valence-electron chi connectivity index (χ0n) is 51.6. The zero-order chi connectivity index (χ0) is 64.9. The molecule has 0 unspecified atom stereocenters. The van der Waals surface area contributed by atoms with Crippen LogP contribution < -0.4 is 42.0 Å². The fourth-order valence-electron chi connectivity index (χ4n) is 12.3. The molecule has 0 aliphatic carbocycles. The van der Waals surface area contributed by atoms with E-state index in [0.717, 1.165) is 24.0 Å². The lowest BCUT2D eigenvalue weighted by molar-refractivity contribution is -0.144. The lowest BCUT2D eigenvalue weighted by Crippen LogP contribution is -2.62. The van der Waals surface area contributed by atoms with Crippen LogP contribution in [0.1, 0.15) is 106 Å². The molecule has 9 atom stereocenters. The van der Waals surface area contributed by atoms with E-state index in [-0.39, 0.29) is 63.4 Å². The van der Waals surface area contributed by atoms with Gasteiger partial charge in [-0.2, -0.15) is 0 Å². The summed E-state index contributed by atoms with van der Waals surface area (Å²) in [5, 5.41) is 31.3. The van der Waals surface area contributed by atoms with E-state index in [2.05, 4.69) is 53.3 Å². The van der Waals surface area contributed by atoms with E-state index >= 15 is 9.59 Å². The first-order valence-corrected chi connectivity index (χ1v) is 31.3. The standard InChI is InChI=1S/C67H81F2N11O11/c1-38-60(83)74-39(2)61(84)75-53(32-44-36-71-51-25-21-46(68)34-49(44)51)62(85)76-55(33-45-37-72-52-26-22-47(69)35-50(45)52)67(90)80-29-11-17-57(80)64(87)78-59(40(3)81)65(88)77-54(31-43-19-23-48(91-4)24-20-43)66(89)79-28-10-16-56(79)63(86)70-27-8-7-13-42-15-9-14-41(30-42)12-5-6-18-58(82)73-38/h9,14-15,19-26,30,34-40,53-57,59,71-72,81H,5-8,10-13,16-18,27-29,31-33H2,1-4H3,(H,70,86)(H,73,82)(H,74,83)(H,75,84)(H,76,85)(H,77,88)(H,78,87)/t38-,39+,40+,53-,54-,55-,56-,57-,59-/m0/s1. The molecule has 22 nitrogen and oxygen atoms in total. The summed E-state index contributed by atoms with van der Waals surface area (Å²) in [6, 6.07) is 12.6. The van der Waals surface area contributed by atoms with E-state index in [1.165, 1.54) is 74.1 Å². The minimum absolute atomic E-state index is 0.00811. The quantitative estimate of drug-likeness (QED) is 0.103. The molecule has 9 rings (SSSR count). The van der Waals surface area contributed by atoms with Gasteiger partial charge < -0.3 is 66.8 Å². The Morgan fingerprint density at radius 2 is 1.05 bits per heavy atom. The second-order valence-corrected chi connectivity index (χ2v) is 24.1. The number of hydrogen-bond acceptors (Lipinski definition) is 11. The summed E-state index contributed by atoms with van der Waals surface area (Å²) < 4.78 is 35.0. The number of nitrogens with zero attached hydrogens (tertiary/aromatic N) is 2. The van der Waals surface area contributed by atoms with Crippen molar-refractivity contribution >= 4 is 75.0 Å². The molecule has 0 saturated carbocycles. The van der Waals surface area contributed by atoms with Crippen molar-refractivity contribution < 1.29 is 61.8 Å². The molecule has 4 aromatic carbocycles. The average molecular weight is 1250 g/mol. The number of H-pyrrole nitrogens is 2. The highest BCUT2D eigenvalue weighted by molar-refractivity contribution is 5.99. The van der Waals surface area contributed by atoms with E-state index < -0.39 is 107 Å². The number of fused-ring (bicyclic) bond motifs is 6. The van der Waals surface area contributed by atoms with Gasteiger partial charge in [0.15, 0.2) is 0 Å². The molecular formula is C67H81F2N11O11. The van der Waals surface area contributed by atoms with Gasteiger partial charge in [0.25, 0.3) is 0 Å². The number of aromatic nitrogens is 2. The van der Waals surface area contributed by atoms with Crippen LogP contribution in [0.2, 0.25) is 0 Å². The number of carbonyl (C=O) groups excluding carboxylic acids is 9. The second kappa shape index (κ2) is 30.5. The molecule has 0 radical (unpaired) electrons. The third-order valence-corrected chi connectivity index (χ3v) is 17.3. The van der Waals surface area contributed by atoms with Crippen LogP contribution in [0.3, 0.4) is 0 Å². The molecule has 24 heteroatoms. The van der Waals surface area contributed by atoms with Gasteiger partial charge >= 0.3 is 0 Å². The lowest BCUT2D eigenvalue weighted by Gasteiger charge is -2.32. The zero-order valence-corrected chi connectivity index (χ0v) is 51.6. The highest BCUT2D eigenvalue weighted by Gasteiger charge is 2.43. The Hall–Kier alpha value is -9.19. The molecule has 2 bridgehead atoms. The predicted octanol–water partition coefficient (Wildman–Crippen LogP) is 4.14. The summed E-state index contributed by atoms with van der Waals surface area (Å²) in [5.41, 5.74) is 4.67. The Morgan fingerprint density at radius 3 is 1.65 bits per heavy atom. The van der Waals surface area contributed by atoms with E-state index in [1.807, 2.05) is 18.2 Å². The van der Waals surface area contributed by atoms with E-state index in [1.54, 1.807) is 36.7 Å². The van der Waals surface area contributed by atoms with Gasteiger partial charge in [0.1, 0.15) is 65.7 Å². The van der Waals surface area contributed by atoms with E-state index in [0.29, 0.717) is 89.3 Å². The molecule has 3 aliphatic heterocycles. The second-order valence-electron chi connectivity index (χ2n) is 24.1. The van der Waals surface area contributed by atoms with Crippen LogP contribution in [0.5, 0.6) is 5.75 Å². The number of amides is 9. The molecule has 91 heavy (non-hydrogen) atoms. The number of aryl methyl sites for hydroxylation is 2. The molecule has 2 fully saturated rings. The first-order valence-electron chi connectivity index (χ1n) is 31.3. The Kier molecular flexibility index (Phi) is 22.2. The number of nitrogens with one attached hydrogen (secondary N) is 9. The molecule has 0 spiro atoms. The maximum absolute atomic E-state index is 15.3. The maximum Gasteiger partial charge on any atom is 0.246 e. The molecule has 2 aromatic heterocycles. The number of rotatable bonds is 8. The average Bonchev–Trinajstić information content (AvgIpc) is 2.24. The van der Waals surface area contributed by atoms with Crippen LogP contribution in [0, 0.1) is 11.6 Å². The van der Waals surface area contributed by atoms with Crippen LogP contribution in [0.25, 0.3) is 21.8 Å². The minimum Gasteiger partial charge on any atom is -0.497 e. The van der Waals surface area contributed by atoms with Crippen LogP contribution in [0.15, 0.2) is 97.3 Å². The van der Waals surface area contributed by atoms with Crippen molar-refractivity contribution in [1.82, 2.24) is 57.0 Å². The summed E-state index contributed by atoms with van der Waals surface area (Å²) in [5.74, 6) is -6.80. The predicted molar refractivity (Wildman–Crippen MR) is 335 cm³/mol. The highest BCUT2D eigenvalue weighted by atomic mass is 19.1. The van der Waals surface area contributed by atoms with Crippen LogP contribution in [0.4, 0.5) is 8.78 Å². The fourth-order valence-corrected chi connectivity index (χ4v) is 12.3. The third-order valence-electron chi connectivity index (χ3n) is 17.3. The van der Waals surface area contributed by atoms with Gasteiger partial charge in [-0.1, -0.05) is 36.4 Å². The molecular weight excluding hydrogens is 1170 g/mol. The van der Waals surface area contributed by atoms with Gasteiger partial charge in [-0.25, -0.2) is 8.78 Å². The van der Waals surface area contributed by atoms with Gasteiger partial charge in [0.2, 0.25) is 53.2 Å². The molecule has 5 heterocycles. The molecule has 484 valence electrons. The van der Waals surface area contributed by atoms with Crippen molar-refractivity contribution in [1.29, 1.82) is 0 Å². The fraction of sp³-hybridized carbons (Fsp3) is 0.448. The number of hydrogen-bond donors (Lipinski definition) is 10. The van der Waals surface area contributed by atoms with Crippen molar-refractivity contribution in [2.24, 2.45) is 0 Å². The highest BCUT2D eigenvalue weighted by Crippen LogP contribution is 2.27. The number of aromatic amines is 2. The van der Waals surface area contributed by atoms with Crippen molar-refractivity contribution in [3.63, 3.8) is 0 Å². The van der Waals surface area contributed by atoms with Gasteiger partial charge in [-0.3, -0.25) is 43.2 Å². The van der Waals surface area contributed by atoms with Gasteiger partial charge in [-0.15, -0.1) is 0 Å². The first kappa shape index (κ1) is 66.2. The summed E-state index contributed by atoms with van der Waals surface area (Å²) in [6.07, 6.45) is 6.46. The summed E-state index contributed by atoms with van der Waals surface area (Å²) >= 11 is 0. The summed E-state index contributed by atoms with van der Waals surface area (Å²) in [7, 11) is 1.51. The minimum atomic E-state index is -1.68. The number of aliphatic hydroxyl groups excluding tert-OH is 1. The Morgan fingerprint density at radius 1 is 0.538 bits per heavy atom. The Balaban J connectivity index is 1.01. The van der Waals surface area contributed by atoms with Crippen LogP contribution in [-0.2, 0) is 75.3 Å². The van der Waals surface area contributed by atoms with Crippen molar-refractivity contribution in [3.8, 4) is 5.75 Å². The number of ether oxygens (including phenoxy) is 1. The largest absolute Gasteiger partial charge is 0.497 e. The van der Waals surface area contributed by atoms with Crippen molar-refractivity contribution in [2.75, 3.05) is 26.7 Å². The number of methoxy groups -OCH3 is 1. The topological polar surface area (TPSA) is 305 Å². The molecule has 6 aromatic rings. The van der Waals surface area contributed by atoms with Gasteiger partial charge in [0, 0.05) is 79.5 Å². The third kappa shape index (κ3) is 17.0. The SMILES string of the molecule is COc1ccc(C[C@@H]2NC(=O)[C@H]([C@@H](C)O)NC(=O)[C@@H]3CCCN3C(=O)[C@H](Cc3c[nH]c4ccc(F)cc34)NC(=O)[C@H](Cc3c[nH]c4ccc(F)cc34)NC(=O)[C@@H](C)NC(=O)[C@H](C)NC(=O)CCCCc3cccc(c3)CCCCNC(=O)[C@@H]3CCCN3C2=O)cc1. The van der Waals surface area contributed by atoms with Crippen LogP contribution in [-0.4, -0.2) is 159 Å². The number of aliphatic hydroxyl groups is 1. The normalized spacial score (nSPS) is 24.2. The Bertz CT molecular complexity index is 3630. The lowest BCUT2D eigenvalue weighted by atomic mass is 10.0. The first-order chi connectivity index (χ1) is 43.7. The van der Waals surface area contributed by atoms with E-state index in [9.17, 15) is 47.4 Å². The number of benzene rings is 4. The molecule has 3 aliphatic rings. The van der Waals surface area contributed by atoms with Gasteiger partial charge in [-0.05, 0) is 161 Å². The summed E-state index contributed by atoms with van der Waals surface area (Å²) in [4.78, 5) is 138. The number of halogens is 2. The van der Waals surface area contributed by atoms with E-state index in [4.69, 9.17) is 4.74 Å². The van der Waals surface area contributed by atoms with Gasteiger partial charge in [0.05, 0.1) is 13.2 Å². The summed E-state index contributed by atoms with van der Waals surface area (Å²) in [6.45, 7) is 4.73. The number of carbonyl (C=O) groups is 9. The maximum atomic E-state index is 15.3. The molecule has 10 N–H and O–H groups in total. The smallest absolute Gasteiger partial charge is 0.246 e. The molecule has 9 amide bonds. The monoisotopic (exact) mass is 1250 g/mol. The Labute approximate surface area is 526 Å². The van der Waals surface area contributed by atoms with Crippen molar-refractivity contribution in [3.05, 3.63) is 137 Å². The van der Waals surface area contributed by atoms with Crippen LogP contribution >= 0.6 is 0 Å².